The molecule has 0 bridgehead atoms. The molecule has 1 aliphatic carbocycles. The SMILES string of the molecule is C[C@@H](Cc1ccsc1)NC(=O)NC[C@H](CC1=CC=C(O)C(CO)C1)N(C)C. The largest absolute Gasteiger partial charge is 0.512 e. The maximum absolute atomic E-state index is 12.2. The summed E-state index contributed by atoms with van der Waals surface area (Å²) >= 11 is 1.66. The van der Waals surface area contributed by atoms with Crippen LogP contribution in [-0.2, 0) is 6.42 Å². The molecule has 150 valence electrons. The number of nitrogens with zero attached hydrogens (tertiary/aromatic N) is 1. The van der Waals surface area contributed by atoms with Crippen molar-refractivity contribution in [1.82, 2.24) is 15.5 Å². The Kier molecular flexibility index (Phi) is 8.34. The summed E-state index contributed by atoms with van der Waals surface area (Å²) in [5, 5.41) is 29.2. The van der Waals surface area contributed by atoms with Crippen LogP contribution in [-0.4, -0.2) is 60.5 Å². The minimum Gasteiger partial charge on any atom is -0.512 e. The molecule has 7 heteroatoms. The van der Waals surface area contributed by atoms with Gasteiger partial charge in [-0.25, -0.2) is 4.79 Å². The number of aliphatic hydroxyl groups excluding tert-OH is 2. The van der Waals surface area contributed by atoms with E-state index in [4.69, 9.17) is 0 Å². The molecule has 0 aliphatic heterocycles. The number of carbonyl (C=O) groups excluding carboxylic acids is 1. The van der Waals surface area contributed by atoms with Crippen LogP contribution >= 0.6 is 11.3 Å². The van der Waals surface area contributed by atoms with Gasteiger partial charge in [-0.15, -0.1) is 0 Å². The van der Waals surface area contributed by atoms with Crippen LogP contribution in [0.3, 0.4) is 0 Å². The van der Waals surface area contributed by atoms with Crippen LogP contribution in [0.5, 0.6) is 0 Å². The van der Waals surface area contributed by atoms with Gasteiger partial charge in [0.1, 0.15) is 0 Å². The summed E-state index contributed by atoms with van der Waals surface area (Å²) in [6, 6.07) is 2.12. The molecule has 0 fully saturated rings. The number of carbonyl (C=O) groups is 1. The maximum Gasteiger partial charge on any atom is 0.315 e. The van der Waals surface area contributed by atoms with Gasteiger partial charge in [0.25, 0.3) is 0 Å². The monoisotopic (exact) mass is 393 g/mol. The minimum absolute atomic E-state index is 0.0605. The number of aliphatic hydroxyl groups is 2. The van der Waals surface area contributed by atoms with E-state index in [0.29, 0.717) is 13.0 Å². The van der Waals surface area contributed by atoms with Gasteiger partial charge in [-0.2, -0.15) is 11.3 Å². The predicted molar refractivity (Wildman–Crippen MR) is 110 cm³/mol. The molecule has 3 atom stereocenters. The van der Waals surface area contributed by atoms with Gasteiger partial charge in [0.15, 0.2) is 0 Å². The fraction of sp³-hybridized carbons (Fsp3) is 0.550. The van der Waals surface area contributed by atoms with Crippen LogP contribution < -0.4 is 10.6 Å². The molecule has 4 N–H and O–H groups in total. The second-order valence-corrected chi connectivity index (χ2v) is 8.19. The third-order valence-corrected chi connectivity index (χ3v) is 5.59. The third-order valence-electron chi connectivity index (χ3n) is 4.86. The lowest BCUT2D eigenvalue weighted by Gasteiger charge is -2.28. The Balaban J connectivity index is 1.81. The van der Waals surface area contributed by atoms with Gasteiger partial charge >= 0.3 is 6.03 Å². The van der Waals surface area contributed by atoms with Crippen molar-refractivity contribution in [2.45, 2.75) is 38.3 Å². The fourth-order valence-corrected chi connectivity index (χ4v) is 3.86. The highest BCUT2D eigenvalue weighted by atomic mass is 32.1. The van der Waals surface area contributed by atoms with Crippen LogP contribution in [0.4, 0.5) is 4.79 Å². The van der Waals surface area contributed by atoms with E-state index in [1.165, 1.54) is 11.1 Å². The van der Waals surface area contributed by atoms with E-state index in [1.54, 1.807) is 17.4 Å². The number of allylic oxidation sites excluding steroid dienone is 2. The molecule has 0 saturated carbocycles. The molecule has 1 heterocycles. The molecule has 2 amide bonds. The number of hydrogen-bond acceptors (Lipinski definition) is 5. The molecule has 0 radical (unpaired) electrons. The molecule has 0 saturated heterocycles. The number of rotatable bonds is 9. The van der Waals surface area contributed by atoms with Crippen molar-refractivity contribution in [2.75, 3.05) is 27.2 Å². The van der Waals surface area contributed by atoms with E-state index in [1.807, 2.05) is 32.5 Å². The first-order valence-corrected chi connectivity index (χ1v) is 10.2. The first-order valence-electron chi connectivity index (χ1n) is 9.30. The standard InChI is InChI=1S/C20H31N3O3S/c1-14(8-16-6-7-27-13-16)22-20(26)21-11-18(23(2)3)10-15-4-5-19(25)17(9-15)12-24/h4-7,13-14,17-18,24-25H,8-12H2,1-3H3,(H2,21,22,26)/t14-,17?,18-/m0/s1. The fourth-order valence-electron chi connectivity index (χ4n) is 3.18. The average Bonchev–Trinajstić information content (AvgIpc) is 3.12. The number of likely N-dealkylation sites (N-methyl/N-ethyl adjacent to an activating group) is 1. The lowest BCUT2D eigenvalue weighted by molar-refractivity contribution is 0.198. The van der Waals surface area contributed by atoms with Gasteiger partial charge in [0, 0.05) is 24.5 Å². The summed E-state index contributed by atoms with van der Waals surface area (Å²) in [5.41, 5.74) is 2.40. The second-order valence-electron chi connectivity index (χ2n) is 7.41. The Morgan fingerprint density at radius 2 is 2.15 bits per heavy atom. The molecule has 1 unspecified atom stereocenters. The Morgan fingerprint density at radius 1 is 1.37 bits per heavy atom. The van der Waals surface area contributed by atoms with Crippen molar-refractivity contribution in [3.8, 4) is 0 Å². The number of amides is 2. The molecule has 2 rings (SSSR count). The number of nitrogens with one attached hydrogen (secondary N) is 2. The first-order chi connectivity index (χ1) is 12.9. The van der Waals surface area contributed by atoms with Crippen molar-refractivity contribution in [3.05, 3.63) is 45.9 Å². The molecule has 6 nitrogen and oxygen atoms in total. The van der Waals surface area contributed by atoms with E-state index in [9.17, 15) is 15.0 Å². The summed E-state index contributed by atoms with van der Waals surface area (Å²) in [4.78, 5) is 14.3. The number of urea groups is 1. The highest BCUT2D eigenvalue weighted by molar-refractivity contribution is 7.07. The van der Waals surface area contributed by atoms with E-state index in [0.717, 1.165) is 12.8 Å². The lowest BCUT2D eigenvalue weighted by Crippen LogP contribution is -2.47. The summed E-state index contributed by atoms with van der Waals surface area (Å²) in [6.45, 7) is 2.47. The maximum atomic E-state index is 12.2. The summed E-state index contributed by atoms with van der Waals surface area (Å²) in [7, 11) is 3.98. The summed E-state index contributed by atoms with van der Waals surface area (Å²) in [6.07, 6.45) is 5.82. The molecule has 1 aliphatic rings. The van der Waals surface area contributed by atoms with Crippen molar-refractivity contribution in [2.24, 2.45) is 5.92 Å². The van der Waals surface area contributed by atoms with E-state index in [2.05, 4.69) is 27.0 Å². The second kappa shape index (κ2) is 10.5. The van der Waals surface area contributed by atoms with Crippen LogP contribution in [0.15, 0.2) is 40.3 Å². The van der Waals surface area contributed by atoms with Crippen molar-refractivity contribution in [1.29, 1.82) is 0 Å². The van der Waals surface area contributed by atoms with Crippen LogP contribution in [0.1, 0.15) is 25.3 Å². The van der Waals surface area contributed by atoms with E-state index in [-0.39, 0.29) is 36.4 Å². The van der Waals surface area contributed by atoms with Gasteiger partial charge in [0.05, 0.1) is 12.4 Å². The molecular formula is C20H31N3O3S. The zero-order valence-corrected chi connectivity index (χ0v) is 17.1. The van der Waals surface area contributed by atoms with Gasteiger partial charge in [-0.1, -0.05) is 11.6 Å². The van der Waals surface area contributed by atoms with Gasteiger partial charge in [-0.3, -0.25) is 0 Å². The quantitative estimate of drug-likeness (QED) is 0.520. The normalized spacial score (nSPS) is 19.2. The zero-order chi connectivity index (χ0) is 19.8. The summed E-state index contributed by atoms with van der Waals surface area (Å²) in [5.74, 6) is 0.0155. The highest BCUT2D eigenvalue weighted by Crippen LogP contribution is 2.26. The molecular weight excluding hydrogens is 362 g/mol. The Hall–Kier alpha value is -1.83. The molecule has 0 spiro atoms. The predicted octanol–water partition coefficient (Wildman–Crippen LogP) is 2.68. The summed E-state index contributed by atoms with van der Waals surface area (Å²) < 4.78 is 0. The van der Waals surface area contributed by atoms with Gasteiger partial charge in [-0.05, 0) is 68.7 Å². The van der Waals surface area contributed by atoms with E-state index < -0.39 is 0 Å². The van der Waals surface area contributed by atoms with Crippen molar-refractivity contribution < 1.29 is 15.0 Å². The molecule has 27 heavy (non-hydrogen) atoms. The number of hydrogen-bond donors (Lipinski definition) is 4. The highest BCUT2D eigenvalue weighted by Gasteiger charge is 2.22. The van der Waals surface area contributed by atoms with E-state index >= 15 is 0 Å². The zero-order valence-electron chi connectivity index (χ0n) is 16.3. The Morgan fingerprint density at radius 3 is 2.78 bits per heavy atom. The lowest BCUT2D eigenvalue weighted by atomic mass is 9.89. The van der Waals surface area contributed by atoms with Crippen LogP contribution in [0, 0.1) is 5.92 Å². The Labute approximate surface area is 165 Å². The third kappa shape index (κ3) is 7.01. The Bertz CT molecular complexity index is 655. The minimum atomic E-state index is -0.220. The molecule has 0 aromatic carbocycles. The van der Waals surface area contributed by atoms with Crippen molar-refractivity contribution in [3.63, 3.8) is 0 Å². The smallest absolute Gasteiger partial charge is 0.315 e. The first kappa shape index (κ1) is 21.5. The van der Waals surface area contributed by atoms with Crippen LogP contribution in [0.25, 0.3) is 0 Å². The molecule has 1 aromatic heterocycles. The molecule has 1 aromatic rings. The number of thiophene rings is 1. The average molecular weight is 394 g/mol. The van der Waals surface area contributed by atoms with Gasteiger partial charge < -0.3 is 25.7 Å². The van der Waals surface area contributed by atoms with Crippen molar-refractivity contribution >= 4 is 17.4 Å². The topological polar surface area (TPSA) is 84.8 Å². The van der Waals surface area contributed by atoms with Gasteiger partial charge in [0.2, 0.25) is 0 Å². The van der Waals surface area contributed by atoms with Crippen LogP contribution in [0.2, 0.25) is 0 Å².